The summed E-state index contributed by atoms with van der Waals surface area (Å²) in [5.41, 5.74) is 1.74. The van der Waals surface area contributed by atoms with E-state index in [1.165, 1.54) is 5.46 Å². The van der Waals surface area contributed by atoms with E-state index in [1.807, 2.05) is 0 Å². The smallest absolute Gasteiger partial charge is 0.109 e. The van der Waals surface area contributed by atoms with Gasteiger partial charge in [0.05, 0.1) is 8.07 Å². The lowest BCUT2D eigenvalue weighted by atomic mass is 9.42. The number of rotatable bonds is 2. The van der Waals surface area contributed by atoms with Crippen molar-refractivity contribution in [2.24, 2.45) is 11.3 Å². The molecule has 0 nitrogen and oxygen atoms in total. The summed E-state index contributed by atoms with van der Waals surface area (Å²) in [4.78, 5) is 0. The Morgan fingerprint density at radius 2 is 1.60 bits per heavy atom. The average molecular weight is 282 g/mol. The second-order valence-corrected chi connectivity index (χ2v) is 13.1. The Kier molecular flexibility index (Phi) is 4.15. The van der Waals surface area contributed by atoms with E-state index in [2.05, 4.69) is 88.9 Å². The van der Waals surface area contributed by atoms with Crippen molar-refractivity contribution in [3.8, 4) is 0 Å². The maximum atomic E-state index is 2.57. The van der Waals surface area contributed by atoms with Gasteiger partial charge in [0.15, 0.2) is 0 Å². The van der Waals surface area contributed by atoms with Crippen LogP contribution in [0.25, 0.3) is 0 Å². The van der Waals surface area contributed by atoms with E-state index in [1.54, 1.807) is 5.10 Å². The van der Waals surface area contributed by atoms with E-state index in [9.17, 15) is 0 Å². The van der Waals surface area contributed by atoms with E-state index >= 15 is 0 Å². The zero-order valence-corrected chi connectivity index (χ0v) is 14.8. The van der Waals surface area contributed by atoms with Crippen LogP contribution >= 0.6 is 0 Å². The molecule has 2 rings (SSSR count). The van der Waals surface area contributed by atoms with Crippen LogP contribution in [0.15, 0.2) is 53.6 Å². The molecule has 0 saturated heterocycles. The summed E-state index contributed by atoms with van der Waals surface area (Å²) in [5.74, 6) is 3.00. The molecule has 1 atom stereocenters. The maximum absolute atomic E-state index is 2.57. The molecule has 1 aromatic carbocycles. The van der Waals surface area contributed by atoms with Gasteiger partial charge in [-0.2, -0.15) is 0 Å². The summed E-state index contributed by atoms with van der Waals surface area (Å²) in [6.45, 7) is 14.9. The quantitative estimate of drug-likeness (QED) is 0.700. The third kappa shape index (κ3) is 3.35. The summed E-state index contributed by atoms with van der Waals surface area (Å²) in [5, 5.41) is 1.69. The first kappa shape index (κ1) is 15.4. The van der Waals surface area contributed by atoms with Crippen molar-refractivity contribution in [1.29, 1.82) is 0 Å². The van der Waals surface area contributed by atoms with E-state index < -0.39 is 8.07 Å². The van der Waals surface area contributed by atoms with Gasteiger partial charge in [0, 0.05) is 0 Å². The molecule has 0 bridgehead atoms. The van der Waals surface area contributed by atoms with Gasteiger partial charge in [-0.3, -0.25) is 0 Å². The van der Waals surface area contributed by atoms with Crippen LogP contribution in [0.4, 0.5) is 0 Å². The molecule has 0 aromatic heterocycles. The summed E-state index contributed by atoms with van der Waals surface area (Å²) >= 11 is 0. The second kappa shape index (κ2) is 5.40. The third-order valence-electron chi connectivity index (χ3n) is 4.23. The molecule has 0 aliphatic carbocycles. The summed E-state index contributed by atoms with van der Waals surface area (Å²) < 4.78 is 0. The van der Waals surface area contributed by atoms with Crippen LogP contribution in [0.3, 0.4) is 0 Å². The molecule has 0 N–H and O–H groups in total. The lowest BCUT2D eigenvalue weighted by Crippen LogP contribution is -2.44. The van der Waals surface area contributed by atoms with Crippen LogP contribution in [-0.2, 0) is 0 Å². The third-order valence-corrected chi connectivity index (χ3v) is 6.44. The Morgan fingerprint density at radius 3 is 2.10 bits per heavy atom. The fraction of sp³-hybridized carbons (Fsp3) is 0.444. The minimum absolute atomic E-state index is 0.309. The molecule has 0 fully saturated rings. The Hall–Kier alpha value is -1.02. The van der Waals surface area contributed by atoms with Gasteiger partial charge in [-0.05, 0) is 11.3 Å². The number of benzene rings is 1. The van der Waals surface area contributed by atoms with Crippen molar-refractivity contribution in [2.45, 2.75) is 40.4 Å². The topological polar surface area (TPSA) is 0 Å². The monoisotopic (exact) mass is 282 g/mol. The van der Waals surface area contributed by atoms with Gasteiger partial charge in [0.2, 0.25) is 6.71 Å². The zero-order valence-electron chi connectivity index (χ0n) is 13.8. The second-order valence-electron chi connectivity index (χ2n) is 8.04. The van der Waals surface area contributed by atoms with Gasteiger partial charge < -0.3 is 0 Å². The van der Waals surface area contributed by atoms with Crippen molar-refractivity contribution in [1.82, 2.24) is 0 Å². The highest BCUT2D eigenvalue weighted by Crippen LogP contribution is 2.34. The minimum Gasteiger partial charge on any atom is -0.109 e. The van der Waals surface area contributed by atoms with Crippen LogP contribution in [0.2, 0.25) is 19.6 Å². The Bertz CT molecular complexity index is 515. The van der Waals surface area contributed by atoms with Gasteiger partial charge in [-0.15, -0.1) is 11.1 Å². The number of hydrogen-bond donors (Lipinski definition) is 0. The summed E-state index contributed by atoms with van der Waals surface area (Å²) in [7, 11) is -1.31. The van der Waals surface area contributed by atoms with Crippen LogP contribution in [0, 0.1) is 11.3 Å². The molecule has 1 unspecified atom stereocenters. The SMILES string of the molecule is CC(C)(C)C1C=CB(c2ccccc2)C([Si](C)(C)C)=C1. The summed E-state index contributed by atoms with van der Waals surface area (Å²) in [6.07, 6.45) is 4.99. The molecule has 1 heterocycles. The van der Waals surface area contributed by atoms with E-state index in [4.69, 9.17) is 0 Å². The molecule has 1 aromatic rings. The van der Waals surface area contributed by atoms with Gasteiger partial charge in [0.1, 0.15) is 0 Å². The first-order valence-corrected chi connectivity index (χ1v) is 11.1. The van der Waals surface area contributed by atoms with Crippen LogP contribution in [-0.4, -0.2) is 14.8 Å². The largest absolute Gasteiger partial charge is 0.225 e. The Labute approximate surface area is 126 Å². The first-order chi connectivity index (χ1) is 9.19. The standard InChI is InChI=1S/C18H27BSi/c1-18(2,3)15-12-13-19(16-10-8-7-9-11-16)17(14-15)20(4,5)6/h7-15H,1-6H3. The molecule has 2 heteroatoms. The lowest BCUT2D eigenvalue weighted by Gasteiger charge is -2.35. The molecule has 0 amide bonds. The fourth-order valence-electron chi connectivity index (χ4n) is 2.89. The number of hydrogen-bond acceptors (Lipinski definition) is 0. The van der Waals surface area contributed by atoms with Crippen molar-refractivity contribution < 1.29 is 0 Å². The molecule has 20 heavy (non-hydrogen) atoms. The van der Waals surface area contributed by atoms with E-state index in [0.29, 0.717) is 18.0 Å². The fourth-order valence-corrected chi connectivity index (χ4v) is 4.77. The van der Waals surface area contributed by atoms with Crippen molar-refractivity contribution in [2.75, 3.05) is 0 Å². The molecular weight excluding hydrogens is 255 g/mol. The maximum Gasteiger partial charge on any atom is 0.225 e. The Morgan fingerprint density at radius 1 is 1.00 bits per heavy atom. The van der Waals surface area contributed by atoms with Crippen molar-refractivity contribution >= 4 is 20.2 Å². The lowest BCUT2D eigenvalue weighted by molar-refractivity contribution is 0.343. The molecule has 1 aliphatic heterocycles. The van der Waals surface area contributed by atoms with Gasteiger partial charge in [0.25, 0.3) is 0 Å². The van der Waals surface area contributed by atoms with Crippen LogP contribution in [0.5, 0.6) is 0 Å². The Balaban J connectivity index is 2.43. The van der Waals surface area contributed by atoms with Crippen molar-refractivity contribution in [3.63, 3.8) is 0 Å². The van der Waals surface area contributed by atoms with Gasteiger partial charge in [-0.25, -0.2) is 0 Å². The average Bonchev–Trinajstić information content (AvgIpc) is 2.37. The zero-order chi connectivity index (χ0) is 15.0. The minimum atomic E-state index is -1.31. The summed E-state index contributed by atoms with van der Waals surface area (Å²) in [6, 6.07) is 10.9. The molecule has 0 saturated carbocycles. The predicted octanol–water partition coefficient (Wildman–Crippen LogP) is 4.50. The first-order valence-electron chi connectivity index (χ1n) is 7.65. The normalized spacial score (nSPS) is 20.0. The van der Waals surface area contributed by atoms with Crippen molar-refractivity contribution in [3.05, 3.63) is 53.6 Å². The van der Waals surface area contributed by atoms with Crippen LogP contribution < -0.4 is 5.46 Å². The van der Waals surface area contributed by atoms with E-state index in [-0.39, 0.29) is 0 Å². The van der Waals surface area contributed by atoms with Gasteiger partial charge >= 0.3 is 0 Å². The highest BCUT2D eigenvalue weighted by atomic mass is 28.3. The molecular formula is C18H27BSi. The molecule has 1 aliphatic rings. The molecule has 106 valence electrons. The highest BCUT2D eigenvalue weighted by molar-refractivity contribution is 7.04. The van der Waals surface area contributed by atoms with Gasteiger partial charge in [-0.1, -0.05) is 88.4 Å². The van der Waals surface area contributed by atoms with Crippen LogP contribution in [0.1, 0.15) is 20.8 Å². The van der Waals surface area contributed by atoms with E-state index in [0.717, 1.165) is 0 Å². The molecule has 0 radical (unpaired) electrons. The number of allylic oxidation sites excluding steroid dienone is 2. The molecule has 0 spiro atoms. The highest BCUT2D eigenvalue weighted by Gasteiger charge is 2.34. The predicted molar refractivity (Wildman–Crippen MR) is 95.3 cm³/mol.